The van der Waals surface area contributed by atoms with Gasteiger partial charge in [0.25, 0.3) is 0 Å². The highest BCUT2D eigenvalue weighted by Crippen LogP contribution is 2.27. The molecule has 2 aromatic carbocycles. The second-order valence-electron chi connectivity index (χ2n) is 6.32. The maximum atomic E-state index is 13.0. The maximum Gasteiger partial charge on any atom is 0.126 e. The Kier molecular flexibility index (Phi) is 12.2. The normalized spacial score (nSPS) is 9.48. The first kappa shape index (κ1) is 24.3. The molecule has 0 bridgehead atoms. The summed E-state index contributed by atoms with van der Waals surface area (Å²) in [5.41, 5.74) is 1.41. The van der Waals surface area contributed by atoms with Gasteiger partial charge in [-0.3, -0.25) is 0 Å². The molecule has 0 N–H and O–H groups in total. The molecule has 0 saturated heterocycles. The fourth-order valence-electron chi connectivity index (χ4n) is 1.90. The van der Waals surface area contributed by atoms with Crippen LogP contribution in [0.25, 0.3) is 0 Å². The number of rotatable bonds is 4. The van der Waals surface area contributed by atoms with Gasteiger partial charge < -0.3 is 4.74 Å². The molecule has 0 aromatic heterocycles. The molecule has 0 aliphatic rings. The van der Waals surface area contributed by atoms with Crippen molar-refractivity contribution >= 4 is 0 Å². The van der Waals surface area contributed by atoms with E-state index >= 15 is 0 Å². The lowest BCUT2D eigenvalue weighted by atomic mass is 10.0. The summed E-state index contributed by atoms with van der Waals surface area (Å²) >= 11 is 0. The zero-order chi connectivity index (χ0) is 20.8. The molecular formula is C23H29F2NO. The van der Waals surface area contributed by atoms with E-state index < -0.39 is 0 Å². The third-order valence-corrected chi connectivity index (χ3v) is 3.20. The Morgan fingerprint density at radius 3 is 2.07 bits per heavy atom. The molecule has 2 rings (SSSR count). The topological polar surface area (TPSA) is 33.0 Å². The van der Waals surface area contributed by atoms with Crippen molar-refractivity contribution in [2.24, 2.45) is 0 Å². The second kappa shape index (κ2) is 13.5. The van der Waals surface area contributed by atoms with E-state index in [9.17, 15) is 8.78 Å². The maximum absolute atomic E-state index is 13.0. The van der Waals surface area contributed by atoms with Crippen LogP contribution in [0.4, 0.5) is 8.78 Å². The minimum atomic E-state index is -0.367. The van der Waals surface area contributed by atoms with Crippen molar-refractivity contribution in [2.45, 2.75) is 53.1 Å². The molecule has 0 radical (unpaired) electrons. The minimum absolute atomic E-state index is 0.0781. The SMILES string of the molecule is C=CCC.CC(C)Oc1cc(F)ccc1C(C)C.N#Cc1cccc(F)c1. The van der Waals surface area contributed by atoms with Crippen molar-refractivity contribution < 1.29 is 13.5 Å². The molecule has 0 saturated carbocycles. The summed E-state index contributed by atoms with van der Waals surface area (Å²) in [6.07, 6.45) is 3.04. The lowest BCUT2D eigenvalue weighted by Gasteiger charge is -2.16. The van der Waals surface area contributed by atoms with Gasteiger partial charge in [-0.2, -0.15) is 5.26 Å². The molecule has 0 heterocycles. The molecule has 27 heavy (non-hydrogen) atoms. The van der Waals surface area contributed by atoms with E-state index in [-0.39, 0.29) is 17.7 Å². The number of nitrogens with zero attached hydrogens (tertiary/aromatic N) is 1. The molecule has 4 heteroatoms. The number of hydrogen-bond acceptors (Lipinski definition) is 2. The summed E-state index contributed by atoms with van der Waals surface area (Å²) in [4.78, 5) is 0. The predicted octanol–water partition coefficient (Wildman–Crippen LogP) is 7.02. The van der Waals surface area contributed by atoms with Gasteiger partial charge in [-0.25, -0.2) is 8.78 Å². The number of hydrogen-bond donors (Lipinski definition) is 0. The molecule has 0 spiro atoms. The van der Waals surface area contributed by atoms with Crippen molar-refractivity contribution in [2.75, 3.05) is 0 Å². The van der Waals surface area contributed by atoms with Crippen LogP contribution in [0.1, 0.15) is 58.1 Å². The first-order chi connectivity index (χ1) is 12.7. The Labute approximate surface area is 162 Å². The molecule has 0 amide bonds. The van der Waals surface area contributed by atoms with Crippen LogP contribution >= 0.6 is 0 Å². The van der Waals surface area contributed by atoms with Crippen LogP contribution in [0.2, 0.25) is 0 Å². The standard InChI is InChI=1S/C12H17FO.C7H4FN.C4H8/c1-8(2)11-6-5-10(13)7-12(11)14-9(3)4;8-7-3-1-2-6(4-7)5-9;1-3-4-2/h5-9H,1-4H3;1-4H;3H,1,4H2,2H3. The van der Waals surface area contributed by atoms with E-state index in [0.29, 0.717) is 17.2 Å². The van der Waals surface area contributed by atoms with Crippen LogP contribution in [0.3, 0.4) is 0 Å². The zero-order valence-corrected chi connectivity index (χ0v) is 16.8. The summed E-state index contributed by atoms with van der Waals surface area (Å²) in [6, 6.07) is 12.1. The summed E-state index contributed by atoms with van der Waals surface area (Å²) in [5.74, 6) is 0.401. The quantitative estimate of drug-likeness (QED) is 0.540. The van der Waals surface area contributed by atoms with E-state index in [1.54, 1.807) is 12.1 Å². The van der Waals surface area contributed by atoms with Gasteiger partial charge in [0.2, 0.25) is 0 Å². The summed E-state index contributed by atoms with van der Waals surface area (Å²) in [7, 11) is 0. The van der Waals surface area contributed by atoms with Crippen LogP contribution in [-0.4, -0.2) is 6.10 Å². The molecule has 0 fully saturated rings. The summed E-state index contributed by atoms with van der Waals surface area (Å²) in [6.45, 7) is 13.6. The van der Waals surface area contributed by atoms with E-state index in [1.807, 2.05) is 26.0 Å². The molecule has 0 unspecified atom stereocenters. The van der Waals surface area contributed by atoms with Gasteiger partial charge in [-0.15, -0.1) is 6.58 Å². The fourth-order valence-corrected chi connectivity index (χ4v) is 1.90. The van der Waals surface area contributed by atoms with Crippen molar-refractivity contribution in [1.29, 1.82) is 5.26 Å². The average Bonchev–Trinajstić information content (AvgIpc) is 2.61. The number of ether oxygens (including phenoxy) is 1. The first-order valence-corrected chi connectivity index (χ1v) is 8.97. The lowest BCUT2D eigenvalue weighted by Crippen LogP contribution is -2.08. The molecule has 0 aliphatic carbocycles. The van der Waals surface area contributed by atoms with Crippen LogP contribution in [0, 0.1) is 23.0 Å². The van der Waals surface area contributed by atoms with Gasteiger partial charge in [0.1, 0.15) is 17.4 Å². The minimum Gasteiger partial charge on any atom is -0.491 e. The molecule has 0 atom stereocenters. The van der Waals surface area contributed by atoms with Crippen molar-refractivity contribution in [3.63, 3.8) is 0 Å². The van der Waals surface area contributed by atoms with E-state index in [1.165, 1.54) is 30.3 Å². The van der Waals surface area contributed by atoms with Crippen LogP contribution < -0.4 is 4.74 Å². The highest BCUT2D eigenvalue weighted by Gasteiger charge is 2.10. The van der Waals surface area contributed by atoms with Crippen LogP contribution in [-0.2, 0) is 0 Å². The zero-order valence-electron chi connectivity index (χ0n) is 16.8. The summed E-state index contributed by atoms with van der Waals surface area (Å²) in [5, 5.41) is 8.25. The smallest absolute Gasteiger partial charge is 0.126 e. The largest absolute Gasteiger partial charge is 0.491 e. The van der Waals surface area contributed by atoms with E-state index in [0.717, 1.165) is 12.0 Å². The number of halogens is 2. The second-order valence-corrected chi connectivity index (χ2v) is 6.32. The third-order valence-electron chi connectivity index (χ3n) is 3.20. The highest BCUT2D eigenvalue weighted by molar-refractivity contribution is 5.36. The van der Waals surface area contributed by atoms with Gasteiger partial charge in [0.15, 0.2) is 0 Å². The van der Waals surface area contributed by atoms with E-state index in [4.69, 9.17) is 10.00 Å². The Morgan fingerprint density at radius 1 is 1.07 bits per heavy atom. The molecule has 2 aromatic rings. The van der Waals surface area contributed by atoms with Crippen molar-refractivity contribution in [3.05, 3.63) is 77.9 Å². The lowest BCUT2D eigenvalue weighted by molar-refractivity contribution is 0.238. The van der Waals surface area contributed by atoms with Crippen LogP contribution in [0.15, 0.2) is 55.1 Å². The molecule has 2 nitrogen and oxygen atoms in total. The third kappa shape index (κ3) is 10.8. The Bertz CT molecular complexity index is 733. The van der Waals surface area contributed by atoms with Gasteiger partial charge in [-0.1, -0.05) is 39.0 Å². The number of allylic oxidation sites excluding steroid dienone is 1. The fraction of sp³-hybridized carbons (Fsp3) is 0.348. The molecular weight excluding hydrogens is 344 g/mol. The van der Waals surface area contributed by atoms with Gasteiger partial charge >= 0.3 is 0 Å². The van der Waals surface area contributed by atoms with Gasteiger partial charge in [0, 0.05) is 6.07 Å². The van der Waals surface area contributed by atoms with Crippen molar-refractivity contribution in [1.82, 2.24) is 0 Å². The van der Waals surface area contributed by atoms with Gasteiger partial charge in [0.05, 0.1) is 17.7 Å². The molecule has 146 valence electrons. The first-order valence-electron chi connectivity index (χ1n) is 8.97. The predicted molar refractivity (Wildman–Crippen MR) is 108 cm³/mol. The number of benzene rings is 2. The Hall–Kier alpha value is -2.67. The highest BCUT2D eigenvalue weighted by atomic mass is 19.1. The van der Waals surface area contributed by atoms with Gasteiger partial charge in [-0.05, 0) is 56.0 Å². The Balaban J connectivity index is 0.000000444. The average molecular weight is 373 g/mol. The van der Waals surface area contributed by atoms with Crippen molar-refractivity contribution in [3.8, 4) is 11.8 Å². The summed E-state index contributed by atoms with van der Waals surface area (Å²) < 4.78 is 30.7. The van der Waals surface area contributed by atoms with Crippen LogP contribution in [0.5, 0.6) is 5.75 Å². The molecule has 0 aliphatic heterocycles. The number of nitriles is 1. The van der Waals surface area contributed by atoms with E-state index in [2.05, 4.69) is 27.4 Å². The Morgan fingerprint density at radius 2 is 1.67 bits per heavy atom. The monoisotopic (exact) mass is 373 g/mol.